The van der Waals surface area contributed by atoms with Crippen LogP contribution in [0, 0.1) is 17.8 Å². The third kappa shape index (κ3) is 3.53. The minimum Gasteiger partial charge on any atom is -0.494 e. The van der Waals surface area contributed by atoms with Crippen molar-refractivity contribution < 1.29 is 4.74 Å². The molecule has 0 N–H and O–H groups in total. The molecular weight excluding hydrogens is 172 g/mol. The number of benzene rings is 1. The van der Waals surface area contributed by atoms with E-state index in [4.69, 9.17) is 4.74 Å². The quantitative estimate of drug-likeness (QED) is 0.648. The molecule has 0 unspecified atom stereocenters. The second kappa shape index (κ2) is 5.34. The Hall–Kier alpha value is -1.42. The van der Waals surface area contributed by atoms with Gasteiger partial charge in [0.05, 0.1) is 6.61 Å². The Morgan fingerprint density at radius 1 is 1.21 bits per heavy atom. The van der Waals surface area contributed by atoms with Gasteiger partial charge in [0.15, 0.2) is 0 Å². The third-order valence-electron chi connectivity index (χ3n) is 1.67. The van der Waals surface area contributed by atoms with Crippen LogP contribution in [0.2, 0.25) is 0 Å². The summed E-state index contributed by atoms with van der Waals surface area (Å²) < 4.78 is 5.34. The maximum atomic E-state index is 5.34. The maximum absolute atomic E-state index is 5.34. The summed E-state index contributed by atoms with van der Waals surface area (Å²) in [6.07, 6.45) is 0. The van der Waals surface area contributed by atoms with E-state index in [-0.39, 0.29) is 0 Å². The number of rotatable bonds is 2. The molecule has 0 aromatic heterocycles. The summed E-state index contributed by atoms with van der Waals surface area (Å²) in [7, 11) is 0. The highest BCUT2D eigenvalue weighted by molar-refractivity contribution is 5.38. The summed E-state index contributed by atoms with van der Waals surface area (Å²) in [5.74, 6) is 7.55. The van der Waals surface area contributed by atoms with E-state index in [1.54, 1.807) is 0 Å². The molecule has 0 amide bonds. The van der Waals surface area contributed by atoms with Crippen molar-refractivity contribution in [2.75, 3.05) is 6.61 Å². The van der Waals surface area contributed by atoms with Gasteiger partial charge in [-0.05, 0) is 31.2 Å². The Labute approximate surface area is 86.1 Å². The molecule has 0 aliphatic carbocycles. The predicted molar refractivity (Wildman–Crippen MR) is 59.3 cm³/mol. The Kier molecular flexibility index (Phi) is 4.07. The van der Waals surface area contributed by atoms with Crippen molar-refractivity contribution in [2.45, 2.75) is 20.8 Å². The number of hydrogen-bond donors (Lipinski definition) is 0. The van der Waals surface area contributed by atoms with Crippen molar-refractivity contribution in [2.24, 2.45) is 5.92 Å². The lowest BCUT2D eigenvalue weighted by Crippen LogP contribution is -1.90. The molecule has 1 aromatic carbocycles. The zero-order valence-corrected chi connectivity index (χ0v) is 9.00. The summed E-state index contributed by atoms with van der Waals surface area (Å²) in [6, 6.07) is 7.88. The summed E-state index contributed by atoms with van der Waals surface area (Å²) in [4.78, 5) is 0. The van der Waals surface area contributed by atoms with Crippen molar-refractivity contribution in [3.63, 3.8) is 0 Å². The summed E-state index contributed by atoms with van der Waals surface area (Å²) in [5.41, 5.74) is 1.04. The van der Waals surface area contributed by atoms with Crippen LogP contribution >= 0.6 is 0 Å². The van der Waals surface area contributed by atoms with Gasteiger partial charge >= 0.3 is 0 Å². The van der Waals surface area contributed by atoms with Crippen LogP contribution in [-0.4, -0.2) is 6.61 Å². The molecule has 0 radical (unpaired) electrons. The fourth-order valence-corrected chi connectivity index (χ4v) is 1.03. The van der Waals surface area contributed by atoms with Crippen LogP contribution in [0.4, 0.5) is 0 Å². The second-order valence-corrected chi connectivity index (χ2v) is 3.38. The first kappa shape index (κ1) is 10.7. The number of hydrogen-bond acceptors (Lipinski definition) is 1. The lowest BCUT2D eigenvalue weighted by Gasteiger charge is -2.01. The zero-order valence-electron chi connectivity index (χ0n) is 9.00. The monoisotopic (exact) mass is 188 g/mol. The highest BCUT2D eigenvalue weighted by Crippen LogP contribution is 2.11. The van der Waals surface area contributed by atoms with Gasteiger partial charge < -0.3 is 4.74 Å². The molecule has 0 spiro atoms. The lowest BCUT2D eigenvalue weighted by atomic mass is 10.2. The van der Waals surface area contributed by atoms with Crippen molar-refractivity contribution in [1.29, 1.82) is 0 Å². The standard InChI is InChI=1S/C13H16O/c1-4-14-13-9-7-12(8-10-13)6-5-11(2)3/h7-11H,4H2,1-3H3. The molecule has 1 nitrogen and oxygen atoms in total. The van der Waals surface area contributed by atoms with Crippen LogP contribution in [0.25, 0.3) is 0 Å². The molecular formula is C13H16O. The fraction of sp³-hybridized carbons (Fsp3) is 0.385. The van der Waals surface area contributed by atoms with Gasteiger partial charge in [-0.1, -0.05) is 25.7 Å². The van der Waals surface area contributed by atoms with E-state index in [1.165, 1.54) is 0 Å². The van der Waals surface area contributed by atoms with E-state index in [0.717, 1.165) is 11.3 Å². The highest BCUT2D eigenvalue weighted by atomic mass is 16.5. The van der Waals surface area contributed by atoms with Crippen LogP contribution < -0.4 is 4.74 Å². The average molecular weight is 188 g/mol. The van der Waals surface area contributed by atoms with Crippen LogP contribution in [-0.2, 0) is 0 Å². The highest BCUT2D eigenvalue weighted by Gasteiger charge is 1.91. The SMILES string of the molecule is CCOc1ccc(C#CC(C)C)cc1. The largest absolute Gasteiger partial charge is 0.494 e. The topological polar surface area (TPSA) is 9.23 Å². The van der Waals surface area contributed by atoms with E-state index in [2.05, 4.69) is 25.7 Å². The Morgan fingerprint density at radius 3 is 2.36 bits per heavy atom. The molecule has 0 aliphatic rings. The van der Waals surface area contributed by atoms with Crippen molar-refractivity contribution >= 4 is 0 Å². The third-order valence-corrected chi connectivity index (χ3v) is 1.67. The molecule has 0 bridgehead atoms. The molecule has 1 heteroatoms. The lowest BCUT2D eigenvalue weighted by molar-refractivity contribution is 0.340. The zero-order chi connectivity index (χ0) is 10.4. The summed E-state index contributed by atoms with van der Waals surface area (Å²) >= 11 is 0. The molecule has 14 heavy (non-hydrogen) atoms. The van der Waals surface area contributed by atoms with E-state index in [1.807, 2.05) is 31.2 Å². The van der Waals surface area contributed by atoms with Gasteiger partial charge in [-0.25, -0.2) is 0 Å². The molecule has 0 atom stereocenters. The van der Waals surface area contributed by atoms with Gasteiger partial charge in [0.2, 0.25) is 0 Å². The molecule has 74 valence electrons. The number of ether oxygens (including phenoxy) is 1. The predicted octanol–water partition coefficient (Wildman–Crippen LogP) is 3.09. The van der Waals surface area contributed by atoms with Crippen LogP contribution in [0.5, 0.6) is 5.75 Å². The molecule has 1 aromatic rings. The van der Waals surface area contributed by atoms with Crippen molar-refractivity contribution in [3.05, 3.63) is 29.8 Å². The maximum Gasteiger partial charge on any atom is 0.119 e. The normalized spacial score (nSPS) is 9.43. The smallest absolute Gasteiger partial charge is 0.119 e. The van der Waals surface area contributed by atoms with Gasteiger partial charge in [-0.3, -0.25) is 0 Å². The fourth-order valence-electron chi connectivity index (χ4n) is 1.03. The molecule has 0 fully saturated rings. The van der Waals surface area contributed by atoms with Gasteiger partial charge in [0.1, 0.15) is 5.75 Å². The van der Waals surface area contributed by atoms with Gasteiger partial charge in [-0.15, -0.1) is 0 Å². The molecule has 0 saturated heterocycles. The first-order valence-corrected chi connectivity index (χ1v) is 4.96. The summed E-state index contributed by atoms with van der Waals surface area (Å²) in [6.45, 7) is 6.85. The van der Waals surface area contributed by atoms with Gasteiger partial charge in [0.25, 0.3) is 0 Å². The minimum atomic E-state index is 0.418. The minimum absolute atomic E-state index is 0.418. The van der Waals surface area contributed by atoms with E-state index in [0.29, 0.717) is 12.5 Å². The van der Waals surface area contributed by atoms with Gasteiger partial charge in [0, 0.05) is 11.5 Å². The van der Waals surface area contributed by atoms with Crippen molar-refractivity contribution in [1.82, 2.24) is 0 Å². The first-order chi connectivity index (χ1) is 6.72. The molecule has 0 aliphatic heterocycles. The molecule has 0 saturated carbocycles. The summed E-state index contributed by atoms with van der Waals surface area (Å²) in [5, 5.41) is 0. The van der Waals surface area contributed by atoms with E-state index >= 15 is 0 Å². The van der Waals surface area contributed by atoms with E-state index < -0.39 is 0 Å². The van der Waals surface area contributed by atoms with Crippen LogP contribution in [0.1, 0.15) is 26.3 Å². The Morgan fingerprint density at radius 2 is 1.86 bits per heavy atom. The molecule has 0 heterocycles. The van der Waals surface area contributed by atoms with Crippen LogP contribution in [0.15, 0.2) is 24.3 Å². The van der Waals surface area contributed by atoms with Crippen LogP contribution in [0.3, 0.4) is 0 Å². The molecule has 1 rings (SSSR count). The Bertz CT molecular complexity index is 324. The van der Waals surface area contributed by atoms with Gasteiger partial charge in [-0.2, -0.15) is 0 Å². The first-order valence-electron chi connectivity index (χ1n) is 4.96. The average Bonchev–Trinajstić information content (AvgIpc) is 2.17. The van der Waals surface area contributed by atoms with E-state index in [9.17, 15) is 0 Å². The second-order valence-electron chi connectivity index (χ2n) is 3.38. The Balaban J connectivity index is 2.70. The van der Waals surface area contributed by atoms with Crippen molar-refractivity contribution in [3.8, 4) is 17.6 Å².